The topological polar surface area (TPSA) is 3.24 Å². The van der Waals surface area contributed by atoms with E-state index in [9.17, 15) is 0 Å². The summed E-state index contributed by atoms with van der Waals surface area (Å²) in [5.74, 6) is 2.87. The molecule has 1 spiro atoms. The van der Waals surface area contributed by atoms with Crippen LogP contribution in [-0.4, -0.2) is 0 Å². The molecule has 8 aromatic carbocycles. The molecule has 0 bridgehead atoms. The van der Waals surface area contributed by atoms with E-state index in [0.29, 0.717) is 10.8 Å². The quantitative estimate of drug-likeness (QED) is 0.149. The highest BCUT2D eigenvalue weighted by Gasteiger charge is 2.87. The number of hydrogen-bond acceptors (Lipinski definition) is 1. The van der Waals surface area contributed by atoms with Gasteiger partial charge in [-0.3, -0.25) is 0 Å². The first-order valence-electron chi connectivity index (χ1n) is 22.2. The molecule has 4 saturated carbocycles. The monoisotopic (exact) mass is 773 g/mol. The van der Waals surface area contributed by atoms with E-state index in [4.69, 9.17) is 0 Å². The van der Waals surface area contributed by atoms with Crippen LogP contribution in [0.2, 0.25) is 0 Å². The maximum atomic E-state index is 2.52. The number of fused-ring (bicyclic) bond motifs is 1. The van der Waals surface area contributed by atoms with Gasteiger partial charge < -0.3 is 4.90 Å². The van der Waals surface area contributed by atoms with Crippen molar-refractivity contribution in [3.05, 3.63) is 199 Å². The maximum Gasteiger partial charge on any atom is 0.0540 e. The van der Waals surface area contributed by atoms with Gasteiger partial charge in [0.15, 0.2) is 0 Å². The fourth-order valence-corrected chi connectivity index (χ4v) is 13.0. The number of anilines is 3. The average molecular weight is 774 g/mol. The fourth-order valence-electron chi connectivity index (χ4n) is 13.0. The minimum Gasteiger partial charge on any atom is -0.309 e. The van der Waals surface area contributed by atoms with Gasteiger partial charge >= 0.3 is 0 Å². The summed E-state index contributed by atoms with van der Waals surface area (Å²) in [5, 5.41) is 2.83. The molecule has 0 aliphatic heterocycles. The highest BCUT2D eigenvalue weighted by Crippen LogP contribution is 2.93. The van der Waals surface area contributed by atoms with Gasteiger partial charge in [-0.2, -0.15) is 0 Å². The Morgan fingerprint density at radius 1 is 0.433 bits per heavy atom. The number of hydrogen-bond donors (Lipinski definition) is 0. The molecular formula is C59H51N. The second kappa shape index (κ2) is 13.2. The molecule has 4 aliphatic carbocycles. The van der Waals surface area contributed by atoms with Gasteiger partial charge in [0.05, 0.1) is 11.4 Å². The van der Waals surface area contributed by atoms with E-state index in [1.54, 1.807) is 5.56 Å². The molecule has 0 aromatic heterocycles. The first kappa shape index (κ1) is 35.7. The molecule has 1 heteroatoms. The zero-order valence-electron chi connectivity index (χ0n) is 34.9. The highest BCUT2D eigenvalue weighted by molar-refractivity contribution is 6.04. The normalized spacial score (nSPS) is 23.3. The van der Waals surface area contributed by atoms with Crippen molar-refractivity contribution in [3.63, 3.8) is 0 Å². The van der Waals surface area contributed by atoms with E-state index in [0.717, 1.165) is 23.4 Å². The summed E-state index contributed by atoms with van der Waals surface area (Å²) in [6.07, 6.45) is 5.71. The van der Waals surface area contributed by atoms with Crippen molar-refractivity contribution in [1.82, 2.24) is 0 Å². The highest BCUT2D eigenvalue weighted by atomic mass is 15.1. The molecule has 292 valence electrons. The summed E-state index contributed by atoms with van der Waals surface area (Å²) in [4.78, 5) is 2.52. The second-order valence-corrected chi connectivity index (χ2v) is 19.4. The Hall–Kier alpha value is -6.18. The summed E-state index contributed by atoms with van der Waals surface area (Å²) in [5.41, 5.74) is 17.4. The van der Waals surface area contributed by atoms with Crippen LogP contribution in [0, 0.1) is 23.2 Å². The Balaban J connectivity index is 1.01. The molecule has 1 nitrogen and oxygen atoms in total. The van der Waals surface area contributed by atoms with E-state index in [2.05, 4.69) is 214 Å². The van der Waals surface area contributed by atoms with Gasteiger partial charge in [0, 0.05) is 22.2 Å². The molecule has 0 heterocycles. The van der Waals surface area contributed by atoms with Gasteiger partial charge in [-0.1, -0.05) is 185 Å². The lowest BCUT2D eigenvalue weighted by atomic mass is 9.12. The number of para-hydroxylation sites is 2. The Bertz CT molecular complexity index is 2880. The summed E-state index contributed by atoms with van der Waals surface area (Å²) in [6, 6.07) is 70.5. The van der Waals surface area contributed by atoms with Crippen molar-refractivity contribution >= 4 is 27.8 Å². The SMILES string of the molecule is CC(C)(C)c1ccc(-c2ccccc2N(c2ccc(-c3ccc(-c4ccccc4)cc3)cc2)c2ccccc2-c2cccc3cccc(C45CC6CC7CC(C4)C765)c23)cc1. The van der Waals surface area contributed by atoms with Gasteiger partial charge in [-0.25, -0.2) is 0 Å². The van der Waals surface area contributed by atoms with Crippen LogP contribution >= 0.6 is 0 Å². The third kappa shape index (κ3) is 5.05. The predicted molar refractivity (Wildman–Crippen MR) is 252 cm³/mol. The Labute approximate surface area is 355 Å². The van der Waals surface area contributed by atoms with Crippen molar-refractivity contribution < 1.29 is 0 Å². The lowest BCUT2D eigenvalue weighted by Crippen LogP contribution is -2.87. The average Bonchev–Trinajstić information content (AvgIpc) is 3.26. The van der Waals surface area contributed by atoms with E-state index < -0.39 is 0 Å². The van der Waals surface area contributed by atoms with Gasteiger partial charge in [-0.05, 0) is 134 Å². The summed E-state index contributed by atoms with van der Waals surface area (Å²) in [6.45, 7) is 6.87. The smallest absolute Gasteiger partial charge is 0.0540 e. The van der Waals surface area contributed by atoms with E-state index in [1.807, 2.05) is 0 Å². The van der Waals surface area contributed by atoms with Crippen LogP contribution in [0.25, 0.3) is 55.3 Å². The Morgan fingerprint density at radius 3 is 1.53 bits per heavy atom. The number of rotatable bonds is 8. The second-order valence-electron chi connectivity index (χ2n) is 19.4. The van der Waals surface area contributed by atoms with Crippen molar-refractivity contribution in [1.29, 1.82) is 0 Å². The Morgan fingerprint density at radius 2 is 0.933 bits per heavy atom. The molecule has 4 fully saturated rings. The van der Waals surface area contributed by atoms with Crippen molar-refractivity contribution in [2.45, 2.75) is 57.3 Å². The van der Waals surface area contributed by atoms with Gasteiger partial charge in [-0.15, -0.1) is 0 Å². The van der Waals surface area contributed by atoms with Crippen LogP contribution < -0.4 is 4.90 Å². The molecule has 8 aromatic rings. The van der Waals surface area contributed by atoms with Crippen molar-refractivity contribution in [3.8, 4) is 44.5 Å². The van der Waals surface area contributed by atoms with Gasteiger partial charge in [0.2, 0.25) is 0 Å². The lowest BCUT2D eigenvalue weighted by Gasteiger charge is -2.91. The van der Waals surface area contributed by atoms with Gasteiger partial charge in [0.25, 0.3) is 0 Å². The molecule has 0 radical (unpaired) electrons. The number of nitrogens with zero attached hydrogens (tertiary/aromatic N) is 1. The molecule has 60 heavy (non-hydrogen) atoms. The third-order valence-corrected chi connectivity index (χ3v) is 15.7. The van der Waals surface area contributed by atoms with Gasteiger partial charge in [0.1, 0.15) is 0 Å². The van der Waals surface area contributed by atoms with Crippen LogP contribution in [-0.2, 0) is 10.8 Å². The van der Waals surface area contributed by atoms with Crippen LogP contribution in [0.1, 0.15) is 57.6 Å². The van der Waals surface area contributed by atoms with Crippen molar-refractivity contribution in [2.75, 3.05) is 4.90 Å². The molecule has 4 aliphatic rings. The van der Waals surface area contributed by atoms with E-state index in [-0.39, 0.29) is 5.41 Å². The summed E-state index contributed by atoms with van der Waals surface area (Å²) in [7, 11) is 0. The first-order valence-corrected chi connectivity index (χ1v) is 22.2. The van der Waals surface area contributed by atoms with Crippen molar-refractivity contribution in [2.24, 2.45) is 23.2 Å². The summed E-state index contributed by atoms with van der Waals surface area (Å²) >= 11 is 0. The molecule has 2 unspecified atom stereocenters. The standard InChI is InChI=1S/C59H51N/c1-57(2,3)45-31-27-43(28-32-45)50-17-7-9-21-54(50)60(49-33-29-42(30-34-49)41-25-23-40(24-26-41)39-13-5-4-6-14-39)55-22-10-8-18-51(55)52-19-11-15-44-16-12-20-53(56(44)52)58-37-47-35-46-36-48(38-58)59(46,47)58/h4-34,46-48H,35-38H2,1-3H3. The van der Waals surface area contributed by atoms with Crippen LogP contribution in [0.3, 0.4) is 0 Å². The van der Waals surface area contributed by atoms with Crippen LogP contribution in [0.15, 0.2) is 188 Å². The third-order valence-electron chi connectivity index (χ3n) is 15.7. The predicted octanol–water partition coefficient (Wildman–Crippen LogP) is 16.0. The lowest BCUT2D eigenvalue weighted by molar-refractivity contribution is -0.394. The van der Waals surface area contributed by atoms with E-state index >= 15 is 0 Å². The van der Waals surface area contributed by atoms with Crippen LogP contribution in [0.5, 0.6) is 0 Å². The van der Waals surface area contributed by atoms with E-state index in [1.165, 1.54) is 97.9 Å². The molecule has 2 atom stereocenters. The Kier molecular flexibility index (Phi) is 7.84. The molecule has 0 saturated heterocycles. The summed E-state index contributed by atoms with van der Waals surface area (Å²) < 4.78 is 0. The largest absolute Gasteiger partial charge is 0.309 e. The molecule has 0 amide bonds. The minimum absolute atomic E-state index is 0.0854. The molecule has 12 rings (SSSR count). The zero-order chi connectivity index (χ0) is 40.2. The fraction of sp³-hybridized carbons (Fsp3) is 0.220. The maximum absolute atomic E-state index is 2.52. The number of benzene rings is 8. The minimum atomic E-state index is 0.0854. The first-order chi connectivity index (χ1) is 29.3. The molecular weight excluding hydrogens is 723 g/mol. The zero-order valence-corrected chi connectivity index (χ0v) is 34.9. The van der Waals surface area contributed by atoms with Crippen LogP contribution in [0.4, 0.5) is 17.1 Å². The molecule has 0 N–H and O–H groups in total.